The van der Waals surface area contributed by atoms with E-state index in [1.54, 1.807) is 42.5 Å². The highest BCUT2D eigenvalue weighted by atomic mass is 32.2. The molecule has 168 valence electrons. The summed E-state index contributed by atoms with van der Waals surface area (Å²) in [4.78, 5) is 16.8. The Kier molecular flexibility index (Phi) is 5.81. The number of fused-ring (bicyclic) bond motifs is 1. The Morgan fingerprint density at radius 2 is 1.79 bits per heavy atom. The van der Waals surface area contributed by atoms with Gasteiger partial charge in [0, 0.05) is 5.56 Å². The van der Waals surface area contributed by atoms with Gasteiger partial charge in [-0.15, -0.1) is 0 Å². The van der Waals surface area contributed by atoms with Crippen molar-refractivity contribution in [1.82, 2.24) is 5.01 Å². The molecule has 0 radical (unpaired) electrons. The summed E-state index contributed by atoms with van der Waals surface area (Å²) in [5.41, 5.74) is 3.77. The molecule has 2 aliphatic heterocycles. The number of amides is 1. The number of hydrazone groups is 1. The first-order valence-corrected chi connectivity index (χ1v) is 11.3. The molecule has 6 nitrogen and oxygen atoms in total. The Morgan fingerprint density at radius 1 is 1.06 bits per heavy atom. The Hall–Kier alpha value is -4.04. The van der Waals surface area contributed by atoms with Crippen molar-refractivity contribution in [3.63, 3.8) is 0 Å². The number of halogens is 1. The lowest BCUT2D eigenvalue weighted by molar-refractivity contribution is -0.114. The van der Waals surface area contributed by atoms with Gasteiger partial charge in [0.1, 0.15) is 23.2 Å². The summed E-state index contributed by atoms with van der Waals surface area (Å²) >= 11 is 1.28. The van der Waals surface area contributed by atoms with E-state index in [9.17, 15) is 9.18 Å². The van der Waals surface area contributed by atoms with Gasteiger partial charge in [0.05, 0.1) is 5.57 Å². The average molecular weight is 471 g/mol. The van der Waals surface area contributed by atoms with E-state index in [-0.39, 0.29) is 17.2 Å². The minimum atomic E-state index is -0.471. The number of ether oxygens (including phenoxy) is 1. The van der Waals surface area contributed by atoms with Crippen LogP contribution in [-0.4, -0.2) is 27.0 Å². The Morgan fingerprint density at radius 3 is 2.53 bits per heavy atom. The van der Waals surface area contributed by atoms with Crippen molar-refractivity contribution in [2.45, 2.75) is 13.5 Å². The average Bonchev–Trinajstić information content (AvgIpc) is 3.26. The fourth-order valence-electron chi connectivity index (χ4n) is 3.49. The van der Waals surface area contributed by atoms with Crippen molar-refractivity contribution in [2.24, 2.45) is 10.1 Å². The first-order chi connectivity index (χ1) is 16.5. The van der Waals surface area contributed by atoms with E-state index >= 15 is 0 Å². The lowest BCUT2D eigenvalue weighted by atomic mass is 10.1. The summed E-state index contributed by atoms with van der Waals surface area (Å²) in [5, 5.41) is 15.6. The maximum atomic E-state index is 13.0. The zero-order valence-electron chi connectivity index (χ0n) is 18.2. The van der Waals surface area contributed by atoms with Crippen molar-refractivity contribution in [3.05, 3.63) is 106 Å². The molecule has 0 atom stereocenters. The van der Waals surface area contributed by atoms with Crippen molar-refractivity contribution in [2.75, 3.05) is 0 Å². The van der Waals surface area contributed by atoms with E-state index in [0.29, 0.717) is 22.6 Å². The van der Waals surface area contributed by atoms with Crippen LogP contribution in [0.1, 0.15) is 22.3 Å². The standard InChI is InChI=1S/C26H19FN4O2S/c1-16-4-2-3-5-21(16)25-30-31-23(28)22(24(32)29-26(31)34-25)14-17-8-12-20(13-9-17)33-15-18-6-10-19(27)11-7-18/h2-14,28H,15H2,1H3. The van der Waals surface area contributed by atoms with Gasteiger partial charge in [-0.3, -0.25) is 10.2 Å². The van der Waals surface area contributed by atoms with Crippen LogP contribution in [0.5, 0.6) is 5.75 Å². The van der Waals surface area contributed by atoms with Gasteiger partial charge in [0.25, 0.3) is 5.91 Å². The maximum absolute atomic E-state index is 13.0. The molecule has 0 saturated carbocycles. The van der Waals surface area contributed by atoms with Crippen LogP contribution < -0.4 is 4.74 Å². The van der Waals surface area contributed by atoms with Crippen molar-refractivity contribution in [3.8, 4) is 5.75 Å². The molecule has 0 unspecified atom stereocenters. The summed E-state index contributed by atoms with van der Waals surface area (Å²) in [6, 6.07) is 21.1. The molecule has 1 amide bonds. The normalized spacial score (nSPS) is 16.4. The van der Waals surface area contributed by atoms with Crippen LogP contribution in [0, 0.1) is 18.2 Å². The molecule has 2 aliphatic rings. The van der Waals surface area contributed by atoms with Crippen LogP contribution in [0.4, 0.5) is 4.39 Å². The van der Waals surface area contributed by atoms with Crippen molar-refractivity contribution >= 4 is 39.8 Å². The highest BCUT2D eigenvalue weighted by molar-refractivity contribution is 8.27. The number of aryl methyl sites for hydroxylation is 1. The lowest BCUT2D eigenvalue weighted by Gasteiger charge is -2.20. The summed E-state index contributed by atoms with van der Waals surface area (Å²) in [6.45, 7) is 2.31. The third-order valence-electron chi connectivity index (χ3n) is 5.34. The minimum Gasteiger partial charge on any atom is -0.489 e. The number of carbonyl (C=O) groups is 1. The van der Waals surface area contributed by atoms with Crippen LogP contribution >= 0.6 is 11.8 Å². The molecule has 34 heavy (non-hydrogen) atoms. The number of nitrogens with one attached hydrogen (secondary N) is 1. The number of hydrogen-bond acceptors (Lipinski definition) is 5. The van der Waals surface area contributed by atoms with Gasteiger partial charge in [-0.2, -0.15) is 15.1 Å². The van der Waals surface area contributed by atoms with Gasteiger partial charge < -0.3 is 4.74 Å². The van der Waals surface area contributed by atoms with E-state index in [2.05, 4.69) is 10.1 Å². The Bertz CT molecular complexity index is 1380. The number of amidine groups is 2. The van der Waals surface area contributed by atoms with Crippen molar-refractivity contribution < 1.29 is 13.9 Å². The summed E-state index contributed by atoms with van der Waals surface area (Å²) in [5.74, 6) is -0.130. The quantitative estimate of drug-likeness (QED) is 0.508. The number of aliphatic imine (C=N–C) groups is 1. The molecule has 0 spiro atoms. The molecule has 0 aliphatic carbocycles. The van der Waals surface area contributed by atoms with E-state index in [1.165, 1.54) is 28.9 Å². The number of hydrogen-bond donors (Lipinski definition) is 1. The van der Waals surface area contributed by atoms with Gasteiger partial charge in [-0.05, 0) is 65.7 Å². The van der Waals surface area contributed by atoms with Crippen LogP contribution in [-0.2, 0) is 11.4 Å². The van der Waals surface area contributed by atoms with Crippen LogP contribution in [0.25, 0.3) is 6.08 Å². The summed E-state index contributed by atoms with van der Waals surface area (Å²) in [7, 11) is 0. The summed E-state index contributed by atoms with van der Waals surface area (Å²) < 4.78 is 18.8. The zero-order valence-corrected chi connectivity index (χ0v) is 19.0. The zero-order chi connectivity index (χ0) is 23.7. The second-order valence-electron chi connectivity index (χ2n) is 7.72. The van der Waals surface area contributed by atoms with Gasteiger partial charge >= 0.3 is 0 Å². The molecule has 3 aromatic carbocycles. The van der Waals surface area contributed by atoms with Crippen LogP contribution in [0.2, 0.25) is 0 Å². The third-order valence-corrected chi connectivity index (χ3v) is 6.28. The summed E-state index contributed by atoms with van der Waals surface area (Å²) in [6.07, 6.45) is 1.63. The molecule has 0 aromatic heterocycles. The maximum Gasteiger partial charge on any atom is 0.283 e. The topological polar surface area (TPSA) is 78.1 Å². The minimum absolute atomic E-state index is 0.0114. The van der Waals surface area contributed by atoms with E-state index < -0.39 is 5.91 Å². The highest BCUT2D eigenvalue weighted by Crippen LogP contribution is 2.32. The molecule has 1 N–H and O–H groups in total. The smallest absolute Gasteiger partial charge is 0.283 e. The van der Waals surface area contributed by atoms with E-state index in [0.717, 1.165) is 22.3 Å². The monoisotopic (exact) mass is 470 g/mol. The number of carbonyl (C=O) groups excluding carboxylic acids is 1. The third kappa shape index (κ3) is 4.40. The number of benzene rings is 3. The predicted molar refractivity (Wildman–Crippen MR) is 132 cm³/mol. The van der Waals surface area contributed by atoms with Crippen LogP contribution in [0.15, 0.2) is 88.5 Å². The van der Waals surface area contributed by atoms with Gasteiger partial charge in [0.15, 0.2) is 5.84 Å². The largest absolute Gasteiger partial charge is 0.489 e. The Balaban J connectivity index is 1.32. The second-order valence-corrected chi connectivity index (χ2v) is 8.68. The van der Waals surface area contributed by atoms with Crippen LogP contribution in [0.3, 0.4) is 0 Å². The molecule has 5 rings (SSSR count). The van der Waals surface area contributed by atoms with E-state index in [1.807, 2.05) is 31.2 Å². The molecular formula is C26H19FN4O2S. The molecule has 0 fully saturated rings. The molecule has 3 aromatic rings. The molecule has 0 saturated heterocycles. The van der Waals surface area contributed by atoms with E-state index in [4.69, 9.17) is 10.1 Å². The molecule has 0 bridgehead atoms. The van der Waals surface area contributed by atoms with Gasteiger partial charge in [-0.1, -0.05) is 48.5 Å². The fraction of sp³-hybridized carbons (Fsp3) is 0.0769. The lowest BCUT2D eigenvalue weighted by Crippen LogP contribution is -2.35. The van der Waals surface area contributed by atoms with Crippen molar-refractivity contribution in [1.29, 1.82) is 5.41 Å². The molecule has 2 heterocycles. The predicted octanol–water partition coefficient (Wildman–Crippen LogP) is 5.38. The number of nitrogens with zero attached hydrogens (tertiary/aromatic N) is 3. The number of rotatable bonds is 5. The second kappa shape index (κ2) is 9.07. The first-order valence-electron chi connectivity index (χ1n) is 10.5. The fourth-order valence-corrected chi connectivity index (χ4v) is 4.47. The van der Waals surface area contributed by atoms with Gasteiger partial charge in [0.2, 0.25) is 5.17 Å². The SMILES string of the molecule is Cc1ccccc1C1=NN2C(=N)C(=Cc3ccc(OCc4ccc(F)cc4)cc3)C(=O)N=C2S1. The highest BCUT2D eigenvalue weighted by Gasteiger charge is 2.36. The first kappa shape index (κ1) is 21.8. The van der Waals surface area contributed by atoms with Gasteiger partial charge in [-0.25, -0.2) is 4.39 Å². The molecule has 8 heteroatoms. The number of thioether (sulfide) groups is 1. The molecular weight excluding hydrogens is 451 g/mol. The Labute approximate surface area is 200 Å².